The fourth-order valence-corrected chi connectivity index (χ4v) is 3.04. The quantitative estimate of drug-likeness (QED) is 0.597. The van der Waals surface area contributed by atoms with E-state index in [1.807, 2.05) is 41.9 Å². The van der Waals surface area contributed by atoms with Gasteiger partial charge in [-0.25, -0.2) is 9.37 Å². The van der Waals surface area contributed by atoms with E-state index in [0.29, 0.717) is 17.0 Å². The van der Waals surface area contributed by atoms with Crippen LogP contribution in [0, 0.1) is 5.82 Å². The molecule has 1 N–H and O–H groups in total. The van der Waals surface area contributed by atoms with Crippen molar-refractivity contribution in [2.45, 2.75) is 6.42 Å². The summed E-state index contributed by atoms with van der Waals surface area (Å²) in [5, 5.41) is 10.2. The van der Waals surface area contributed by atoms with Crippen molar-refractivity contribution in [2.24, 2.45) is 7.05 Å². The summed E-state index contributed by atoms with van der Waals surface area (Å²) in [6.45, 7) is 0. The Bertz CT molecular complexity index is 1110. The normalized spacial score (nSPS) is 11.2. The van der Waals surface area contributed by atoms with Crippen LogP contribution in [0.25, 0.3) is 33.8 Å². The second-order valence-corrected chi connectivity index (χ2v) is 6.02. The summed E-state index contributed by atoms with van der Waals surface area (Å²) in [4.78, 5) is 15.6. The van der Waals surface area contributed by atoms with Crippen molar-refractivity contribution in [3.63, 3.8) is 0 Å². The molecule has 0 aliphatic carbocycles. The van der Waals surface area contributed by atoms with Crippen molar-refractivity contribution < 1.29 is 18.7 Å². The highest BCUT2D eigenvalue weighted by Crippen LogP contribution is 2.33. The van der Waals surface area contributed by atoms with Crippen molar-refractivity contribution in [3.8, 4) is 22.9 Å². The average molecular weight is 350 g/mol. The highest BCUT2D eigenvalue weighted by Gasteiger charge is 2.21. The minimum atomic E-state index is -0.996. The van der Waals surface area contributed by atoms with Crippen LogP contribution in [-0.4, -0.2) is 20.6 Å². The van der Waals surface area contributed by atoms with Gasteiger partial charge in [0.2, 0.25) is 5.89 Å². The average Bonchev–Trinajstić information content (AvgIpc) is 3.17. The van der Waals surface area contributed by atoms with Crippen molar-refractivity contribution in [3.05, 3.63) is 66.1 Å². The number of oxazole rings is 1. The van der Waals surface area contributed by atoms with Gasteiger partial charge in [0.25, 0.3) is 0 Å². The van der Waals surface area contributed by atoms with E-state index < -0.39 is 5.97 Å². The number of nitrogens with zero attached hydrogens (tertiary/aromatic N) is 2. The maximum atomic E-state index is 13.2. The Hall–Kier alpha value is -3.41. The lowest BCUT2D eigenvalue weighted by atomic mass is 10.2. The Balaban J connectivity index is 1.89. The van der Waals surface area contributed by atoms with Crippen molar-refractivity contribution >= 4 is 16.9 Å². The fourth-order valence-electron chi connectivity index (χ4n) is 3.04. The predicted octanol–water partition coefficient (Wildman–Crippen LogP) is 4.27. The molecule has 6 heteroatoms. The summed E-state index contributed by atoms with van der Waals surface area (Å²) in [5.74, 6) is -0.684. The summed E-state index contributed by atoms with van der Waals surface area (Å²) >= 11 is 0. The number of para-hydroxylation sites is 1. The number of aryl methyl sites for hydroxylation is 1. The number of benzene rings is 2. The monoisotopic (exact) mass is 350 g/mol. The molecule has 0 atom stereocenters. The van der Waals surface area contributed by atoms with Crippen LogP contribution in [-0.2, 0) is 18.3 Å². The minimum Gasteiger partial charge on any atom is -0.481 e. The summed E-state index contributed by atoms with van der Waals surface area (Å²) in [5.41, 5.74) is 2.66. The molecule has 0 spiro atoms. The summed E-state index contributed by atoms with van der Waals surface area (Å²) in [6.07, 6.45) is -0.262. The molecule has 0 saturated heterocycles. The first-order chi connectivity index (χ1) is 12.5. The number of carboxylic acid groups (broad SMARTS) is 1. The Labute approximate surface area is 148 Å². The molecule has 130 valence electrons. The van der Waals surface area contributed by atoms with Crippen molar-refractivity contribution in [1.82, 2.24) is 9.55 Å². The van der Waals surface area contributed by atoms with E-state index >= 15 is 0 Å². The van der Waals surface area contributed by atoms with Gasteiger partial charge in [0.05, 0.1) is 12.1 Å². The first-order valence-electron chi connectivity index (χ1n) is 8.05. The SMILES string of the molecule is Cn1c(-c2oc(-c3ccc(F)cc3)nc2CC(=O)O)cc2ccccc21. The molecule has 0 amide bonds. The molecule has 0 bridgehead atoms. The first-order valence-corrected chi connectivity index (χ1v) is 8.05. The fraction of sp³-hybridized carbons (Fsp3) is 0.100. The van der Waals surface area contributed by atoms with Gasteiger partial charge < -0.3 is 14.1 Å². The zero-order valence-corrected chi connectivity index (χ0v) is 13.9. The molecule has 2 aromatic heterocycles. The number of aromatic nitrogens is 2. The number of halogens is 1. The molecule has 2 heterocycles. The lowest BCUT2D eigenvalue weighted by Gasteiger charge is -2.02. The molecule has 5 nitrogen and oxygen atoms in total. The van der Waals surface area contributed by atoms with E-state index in [0.717, 1.165) is 16.6 Å². The maximum absolute atomic E-state index is 13.2. The first kappa shape index (κ1) is 16.1. The molecular formula is C20H15FN2O3. The zero-order chi connectivity index (χ0) is 18.3. The number of hydrogen-bond acceptors (Lipinski definition) is 3. The van der Waals surface area contributed by atoms with Gasteiger partial charge in [-0.3, -0.25) is 4.79 Å². The standard InChI is InChI=1S/C20H15FN2O3/c1-23-16-5-3-2-4-13(16)10-17(23)19-15(11-18(24)25)22-20(26-19)12-6-8-14(21)9-7-12/h2-10H,11H2,1H3,(H,24,25). The van der Waals surface area contributed by atoms with Crippen LogP contribution in [0.2, 0.25) is 0 Å². The van der Waals surface area contributed by atoms with Gasteiger partial charge in [-0.05, 0) is 36.4 Å². The molecule has 0 unspecified atom stereocenters. The third kappa shape index (κ3) is 2.75. The van der Waals surface area contributed by atoms with Gasteiger partial charge in [-0.15, -0.1) is 0 Å². The number of fused-ring (bicyclic) bond motifs is 1. The molecule has 0 fully saturated rings. The third-order valence-corrected chi connectivity index (χ3v) is 4.29. The van der Waals surface area contributed by atoms with Gasteiger partial charge in [0.1, 0.15) is 11.5 Å². The van der Waals surface area contributed by atoms with Crippen LogP contribution in [0.1, 0.15) is 5.69 Å². The van der Waals surface area contributed by atoms with Crippen LogP contribution in [0.4, 0.5) is 4.39 Å². The molecule has 2 aromatic carbocycles. The number of rotatable bonds is 4. The lowest BCUT2D eigenvalue weighted by molar-refractivity contribution is -0.136. The summed E-state index contributed by atoms with van der Waals surface area (Å²) in [6, 6.07) is 15.5. The zero-order valence-electron chi connectivity index (χ0n) is 13.9. The van der Waals surface area contributed by atoms with Gasteiger partial charge >= 0.3 is 5.97 Å². The van der Waals surface area contributed by atoms with E-state index in [4.69, 9.17) is 4.42 Å². The van der Waals surface area contributed by atoms with Crippen LogP contribution in [0.15, 0.2) is 59.0 Å². The maximum Gasteiger partial charge on any atom is 0.309 e. The van der Waals surface area contributed by atoms with Gasteiger partial charge in [-0.2, -0.15) is 0 Å². The van der Waals surface area contributed by atoms with E-state index in [1.54, 1.807) is 12.1 Å². The third-order valence-electron chi connectivity index (χ3n) is 4.29. The van der Waals surface area contributed by atoms with Crippen LogP contribution in [0.3, 0.4) is 0 Å². The number of aliphatic carboxylic acids is 1. The number of carboxylic acids is 1. The van der Waals surface area contributed by atoms with E-state index in [9.17, 15) is 14.3 Å². The Morgan fingerprint density at radius 1 is 1.19 bits per heavy atom. The Morgan fingerprint density at radius 3 is 2.62 bits per heavy atom. The molecule has 0 aliphatic heterocycles. The second kappa shape index (κ2) is 6.15. The summed E-state index contributed by atoms with van der Waals surface area (Å²) < 4.78 is 21.0. The molecular weight excluding hydrogens is 335 g/mol. The number of carbonyl (C=O) groups is 1. The largest absolute Gasteiger partial charge is 0.481 e. The molecule has 0 radical (unpaired) electrons. The van der Waals surface area contributed by atoms with Crippen LogP contribution >= 0.6 is 0 Å². The highest BCUT2D eigenvalue weighted by molar-refractivity contribution is 5.87. The minimum absolute atomic E-state index is 0.262. The van der Waals surface area contributed by atoms with E-state index in [2.05, 4.69) is 4.98 Å². The van der Waals surface area contributed by atoms with E-state index in [1.165, 1.54) is 12.1 Å². The topological polar surface area (TPSA) is 68.3 Å². The number of hydrogen-bond donors (Lipinski definition) is 1. The van der Waals surface area contributed by atoms with E-state index in [-0.39, 0.29) is 18.1 Å². The van der Waals surface area contributed by atoms with Crippen LogP contribution in [0.5, 0.6) is 0 Å². The molecule has 26 heavy (non-hydrogen) atoms. The Kier molecular flexibility index (Phi) is 3.80. The lowest BCUT2D eigenvalue weighted by Crippen LogP contribution is -2.02. The van der Waals surface area contributed by atoms with Gasteiger partial charge in [0.15, 0.2) is 5.76 Å². The predicted molar refractivity (Wildman–Crippen MR) is 95.1 cm³/mol. The van der Waals surface area contributed by atoms with Crippen molar-refractivity contribution in [1.29, 1.82) is 0 Å². The van der Waals surface area contributed by atoms with Crippen molar-refractivity contribution in [2.75, 3.05) is 0 Å². The molecule has 0 saturated carbocycles. The second-order valence-electron chi connectivity index (χ2n) is 6.02. The van der Waals surface area contributed by atoms with Crippen LogP contribution < -0.4 is 0 Å². The smallest absolute Gasteiger partial charge is 0.309 e. The highest BCUT2D eigenvalue weighted by atomic mass is 19.1. The molecule has 4 aromatic rings. The molecule has 0 aliphatic rings. The summed E-state index contributed by atoms with van der Waals surface area (Å²) in [7, 11) is 1.89. The van der Waals surface area contributed by atoms with Gasteiger partial charge in [-0.1, -0.05) is 18.2 Å². The van der Waals surface area contributed by atoms with Gasteiger partial charge in [0, 0.05) is 23.5 Å². The molecule has 4 rings (SSSR count). The Morgan fingerprint density at radius 2 is 1.92 bits per heavy atom.